The number of primary amides is 1. The van der Waals surface area contributed by atoms with Crippen molar-refractivity contribution < 1.29 is 4.79 Å². The second-order valence-electron chi connectivity index (χ2n) is 5.81. The zero-order valence-electron chi connectivity index (χ0n) is 11.9. The summed E-state index contributed by atoms with van der Waals surface area (Å²) < 4.78 is 0. The molecule has 20 heavy (non-hydrogen) atoms. The predicted octanol–water partition coefficient (Wildman–Crippen LogP) is 1.29. The highest BCUT2D eigenvalue weighted by Gasteiger charge is 2.35. The summed E-state index contributed by atoms with van der Waals surface area (Å²) in [4.78, 5) is 17.7. The molecule has 0 aliphatic carbocycles. The number of aromatic nitrogens is 1. The molecule has 3 N–H and O–H groups in total. The molecule has 2 atom stereocenters. The van der Waals surface area contributed by atoms with E-state index in [0.29, 0.717) is 23.8 Å². The first kappa shape index (κ1) is 13.4. The third-order valence-corrected chi connectivity index (χ3v) is 4.56. The minimum absolute atomic E-state index is 0.345. The van der Waals surface area contributed by atoms with Crippen molar-refractivity contribution in [1.29, 1.82) is 0 Å². The van der Waals surface area contributed by atoms with Gasteiger partial charge in [0.25, 0.3) is 5.91 Å². The smallest absolute Gasteiger partial charge is 0.267 e. The summed E-state index contributed by atoms with van der Waals surface area (Å²) in [5, 5.41) is 3.67. The van der Waals surface area contributed by atoms with E-state index in [1.165, 1.54) is 25.7 Å². The van der Waals surface area contributed by atoms with Crippen LogP contribution in [0.2, 0.25) is 0 Å². The molecule has 2 aliphatic heterocycles. The van der Waals surface area contributed by atoms with Crippen molar-refractivity contribution in [1.82, 2.24) is 10.3 Å². The molecule has 2 aliphatic rings. The molecule has 2 bridgehead atoms. The van der Waals surface area contributed by atoms with Crippen LogP contribution in [-0.4, -0.2) is 35.6 Å². The van der Waals surface area contributed by atoms with Crippen LogP contribution >= 0.6 is 0 Å². The fourth-order valence-corrected chi connectivity index (χ4v) is 3.67. The lowest BCUT2D eigenvalue weighted by Gasteiger charge is -2.38. The number of nitrogens with one attached hydrogen (secondary N) is 1. The Morgan fingerprint density at radius 3 is 2.75 bits per heavy atom. The molecule has 5 heteroatoms. The van der Waals surface area contributed by atoms with E-state index < -0.39 is 5.91 Å². The normalized spacial score (nSPS) is 28.4. The van der Waals surface area contributed by atoms with E-state index in [9.17, 15) is 4.79 Å². The summed E-state index contributed by atoms with van der Waals surface area (Å²) in [6, 6.07) is 5.65. The molecule has 1 amide bonds. The van der Waals surface area contributed by atoms with Gasteiger partial charge in [0.2, 0.25) is 0 Å². The zero-order chi connectivity index (χ0) is 14.1. The van der Waals surface area contributed by atoms with Crippen molar-refractivity contribution in [3.05, 3.63) is 24.0 Å². The molecule has 2 fully saturated rings. The maximum atomic E-state index is 11.3. The molecule has 1 aromatic heterocycles. The van der Waals surface area contributed by atoms with Gasteiger partial charge in [-0.05, 0) is 44.7 Å². The van der Waals surface area contributed by atoms with Crippen LogP contribution in [0.15, 0.2) is 18.3 Å². The number of hydrogen-bond acceptors (Lipinski definition) is 4. The maximum absolute atomic E-state index is 11.3. The molecular weight excluding hydrogens is 252 g/mol. The predicted molar refractivity (Wildman–Crippen MR) is 78.7 cm³/mol. The van der Waals surface area contributed by atoms with Crippen LogP contribution in [0.4, 0.5) is 5.69 Å². The summed E-state index contributed by atoms with van der Waals surface area (Å²) >= 11 is 0. The number of carbonyl (C=O) groups is 1. The van der Waals surface area contributed by atoms with Crippen LogP contribution in [0.1, 0.15) is 43.1 Å². The first-order valence-electron chi connectivity index (χ1n) is 7.46. The van der Waals surface area contributed by atoms with Gasteiger partial charge in [0.15, 0.2) is 0 Å². The Morgan fingerprint density at radius 1 is 1.45 bits per heavy atom. The number of fused-ring (bicyclic) bond motifs is 2. The SMILES string of the molecule is CCN(c1ccnc(C(N)=O)c1)C1CC2CCC(C1)N2. The number of nitrogens with two attached hydrogens (primary N) is 1. The lowest BCUT2D eigenvalue weighted by molar-refractivity contribution is 0.0995. The van der Waals surface area contributed by atoms with Gasteiger partial charge in [-0.25, -0.2) is 0 Å². The second-order valence-corrected chi connectivity index (χ2v) is 5.81. The Labute approximate surface area is 119 Å². The third kappa shape index (κ3) is 2.50. The maximum Gasteiger partial charge on any atom is 0.267 e. The molecule has 0 aromatic carbocycles. The summed E-state index contributed by atoms with van der Waals surface area (Å²) in [6.45, 7) is 3.10. The number of piperidine rings is 1. The van der Waals surface area contributed by atoms with Crippen LogP contribution in [0.5, 0.6) is 0 Å². The number of carbonyl (C=O) groups excluding carboxylic acids is 1. The number of amides is 1. The highest BCUT2D eigenvalue weighted by atomic mass is 16.1. The summed E-state index contributed by atoms with van der Waals surface area (Å²) in [5.74, 6) is -0.465. The molecule has 5 nitrogen and oxygen atoms in total. The van der Waals surface area contributed by atoms with Gasteiger partial charge in [-0.1, -0.05) is 0 Å². The summed E-state index contributed by atoms with van der Waals surface area (Å²) in [7, 11) is 0. The van der Waals surface area contributed by atoms with Gasteiger partial charge >= 0.3 is 0 Å². The van der Waals surface area contributed by atoms with Crippen molar-refractivity contribution in [2.24, 2.45) is 5.73 Å². The lowest BCUT2D eigenvalue weighted by Crippen LogP contribution is -2.48. The first-order valence-corrected chi connectivity index (χ1v) is 7.46. The van der Waals surface area contributed by atoms with E-state index >= 15 is 0 Å². The van der Waals surface area contributed by atoms with Crippen LogP contribution in [0.3, 0.4) is 0 Å². The molecule has 0 spiro atoms. The van der Waals surface area contributed by atoms with E-state index in [2.05, 4.69) is 22.1 Å². The van der Waals surface area contributed by atoms with Gasteiger partial charge in [-0.15, -0.1) is 0 Å². The second kappa shape index (κ2) is 5.40. The molecule has 3 heterocycles. The fourth-order valence-electron chi connectivity index (χ4n) is 3.67. The highest BCUT2D eigenvalue weighted by molar-refractivity contribution is 5.91. The molecule has 2 unspecified atom stereocenters. The van der Waals surface area contributed by atoms with Crippen LogP contribution in [0, 0.1) is 0 Å². The molecule has 2 saturated heterocycles. The molecule has 3 rings (SSSR count). The fraction of sp³-hybridized carbons (Fsp3) is 0.600. The number of pyridine rings is 1. The minimum Gasteiger partial charge on any atom is -0.369 e. The molecule has 0 radical (unpaired) electrons. The summed E-state index contributed by atoms with van der Waals surface area (Å²) in [6.07, 6.45) is 6.62. The lowest BCUT2D eigenvalue weighted by atomic mass is 9.97. The Balaban J connectivity index is 1.82. The van der Waals surface area contributed by atoms with Crippen LogP contribution in [-0.2, 0) is 0 Å². The van der Waals surface area contributed by atoms with Crippen LogP contribution in [0.25, 0.3) is 0 Å². The van der Waals surface area contributed by atoms with E-state index in [4.69, 9.17) is 5.73 Å². The monoisotopic (exact) mass is 274 g/mol. The Bertz CT molecular complexity index is 492. The van der Waals surface area contributed by atoms with E-state index in [1.54, 1.807) is 6.20 Å². The zero-order valence-corrected chi connectivity index (χ0v) is 11.9. The first-order chi connectivity index (χ1) is 9.67. The molecule has 108 valence electrons. The van der Waals surface area contributed by atoms with Crippen molar-refractivity contribution >= 4 is 11.6 Å². The largest absolute Gasteiger partial charge is 0.369 e. The van der Waals surface area contributed by atoms with Gasteiger partial charge in [0, 0.05) is 36.6 Å². The average molecular weight is 274 g/mol. The van der Waals surface area contributed by atoms with Crippen molar-refractivity contribution in [2.75, 3.05) is 11.4 Å². The van der Waals surface area contributed by atoms with Gasteiger partial charge in [0.1, 0.15) is 5.69 Å². The van der Waals surface area contributed by atoms with E-state index in [0.717, 1.165) is 12.2 Å². The van der Waals surface area contributed by atoms with Crippen LogP contribution < -0.4 is 16.0 Å². The standard InChI is InChI=1S/C15H22N4O/c1-2-19(12-5-6-17-14(9-12)15(16)20)13-7-10-3-4-11(8-13)18-10/h5-6,9-11,13,18H,2-4,7-8H2,1H3,(H2,16,20). The average Bonchev–Trinajstić information content (AvgIpc) is 2.79. The summed E-state index contributed by atoms with van der Waals surface area (Å²) in [5.41, 5.74) is 6.73. The molecule has 0 saturated carbocycles. The van der Waals surface area contributed by atoms with Gasteiger partial charge in [-0.2, -0.15) is 0 Å². The Kier molecular flexibility index (Phi) is 3.61. The molecular formula is C15H22N4O. The highest BCUT2D eigenvalue weighted by Crippen LogP contribution is 2.32. The quantitative estimate of drug-likeness (QED) is 0.868. The number of nitrogens with zero attached hydrogens (tertiary/aromatic N) is 2. The van der Waals surface area contributed by atoms with Crippen molar-refractivity contribution in [3.8, 4) is 0 Å². The number of anilines is 1. The van der Waals surface area contributed by atoms with Crippen molar-refractivity contribution in [3.63, 3.8) is 0 Å². The molecule has 1 aromatic rings. The van der Waals surface area contributed by atoms with Gasteiger partial charge in [0.05, 0.1) is 0 Å². The Morgan fingerprint density at radius 2 is 2.15 bits per heavy atom. The number of rotatable bonds is 4. The Hall–Kier alpha value is -1.62. The van der Waals surface area contributed by atoms with E-state index in [1.807, 2.05) is 12.1 Å². The van der Waals surface area contributed by atoms with Crippen molar-refractivity contribution in [2.45, 2.75) is 50.7 Å². The van der Waals surface area contributed by atoms with E-state index in [-0.39, 0.29) is 0 Å². The van der Waals surface area contributed by atoms with Gasteiger partial charge < -0.3 is 16.0 Å². The topological polar surface area (TPSA) is 71.2 Å². The third-order valence-electron chi connectivity index (χ3n) is 4.56. The van der Waals surface area contributed by atoms with Gasteiger partial charge in [-0.3, -0.25) is 9.78 Å². The minimum atomic E-state index is -0.465. The number of hydrogen-bond donors (Lipinski definition) is 2.